The Kier molecular flexibility index (Phi) is 5.56. The number of hydrogen-bond acceptors (Lipinski definition) is 4. The van der Waals surface area contributed by atoms with E-state index in [0.29, 0.717) is 6.54 Å². The Morgan fingerprint density at radius 2 is 2.00 bits per heavy atom. The van der Waals surface area contributed by atoms with E-state index in [1.807, 2.05) is 25.1 Å². The van der Waals surface area contributed by atoms with Gasteiger partial charge in [-0.3, -0.25) is 0 Å². The first-order valence-corrected chi connectivity index (χ1v) is 8.02. The molecule has 1 N–H and O–H groups in total. The highest BCUT2D eigenvalue weighted by Crippen LogP contribution is 2.19. The average molecular weight is 290 g/mol. The first kappa shape index (κ1) is 15.0. The van der Waals surface area contributed by atoms with Gasteiger partial charge in [0.2, 0.25) is 0 Å². The van der Waals surface area contributed by atoms with E-state index in [1.54, 1.807) is 11.3 Å². The largest absolute Gasteiger partial charge is 0.391 e. The van der Waals surface area contributed by atoms with Crippen molar-refractivity contribution < 1.29 is 5.11 Å². The fourth-order valence-corrected chi connectivity index (χ4v) is 2.80. The molecule has 0 saturated carbocycles. The summed E-state index contributed by atoms with van der Waals surface area (Å²) in [5.74, 6) is 0. The van der Waals surface area contributed by atoms with Crippen molar-refractivity contribution in [3.05, 3.63) is 46.4 Å². The molecule has 1 atom stereocenters. The second-order valence-corrected chi connectivity index (χ2v) is 5.81. The minimum Gasteiger partial charge on any atom is -0.391 e. The van der Waals surface area contributed by atoms with Crippen LogP contribution in [0.5, 0.6) is 0 Å². The molecular formula is C16H22N2OS. The van der Waals surface area contributed by atoms with E-state index >= 15 is 0 Å². The molecule has 0 aliphatic rings. The van der Waals surface area contributed by atoms with Crippen LogP contribution in [0.2, 0.25) is 0 Å². The van der Waals surface area contributed by atoms with E-state index < -0.39 is 0 Å². The number of hydrogen-bond donors (Lipinski definition) is 1. The normalized spacial score (nSPS) is 12.3. The summed E-state index contributed by atoms with van der Waals surface area (Å²) in [6, 6.07) is 10.2. The van der Waals surface area contributed by atoms with Gasteiger partial charge in [-0.15, -0.1) is 11.3 Å². The van der Waals surface area contributed by atoms with Gasteiger partial charge in [-0.2, -0.15) is 0 Å². The number of anilines is 1. The van der Waals surface area contributed by atoms with Crippen LogP contribution in [0.25, 0.3) is 0 Å². The van der Waals surface area contributed by atoms with Crippen molar-refractivity contribution in [2.24, 2.45) is 0 Å². The molecule has 0 spiro atoms. The summed E-state index contributed by atoms with van der Waals surface area (Å²) >= 11 is 1.71. The van der Waals surface area contributed by atoms with Crippen molar-refractivity contribution in [1.29, 1.82) is 0 Å². The van der Waals surface area contributed by atoms with E-state index in [0.717, 1.165) is 30.8 Å². The lowest BCUT2D eigenvalue weighted by Crippen LogP contribution is -2.31. The molecule has 3 nitrogen and oxygen atoms in total. The molecular weight excluding hydrogens is 268 g/mol. The van der Waals surface area contributed by atoms with Crippen molar-refractivity contribution in [2.45, 2.75) is 39.3 Å². The van der Waals surface area contributed by atoms with E-state index in [4.69, 9.17) is 0 Å². The van der Waals surface area contributed by atoms with Crippen LogP contribution < -0.4 is 4.90 Å². The number of nitrogens with zero attached hydrogens (tertiary/aromatic N) is 2. The lowest BCUT2D eigenvalue weighted by Gasteiger charge is -2.26. The predicted octanol–water partition coefficient (Wildman–Crippen LogP) is 3.48. The Balaban J connectivity index is 2.13. The highest BCUT2D eigenvalue weighted by Gasteiger charge is 2.13. The fraction of sp³-hybridized carbons (Fsp3) is 0.438. The summed E-state index contributed by atoms with van der Waals surface area (Å²) in [5.41, 5.74) is 2.21. The number of aliphatic hydroxyl groups is 1. The second kappa shape index (κ2) is 7.41. The summed E-state index contributed by atoms with van der Waals surface area (Å²) in [7, 11) is 0. The van der Waals surface area contributed by atoms with Crippen LogP contribution in [0, 0.1) is 0 Å². The lowest BCUT2D eigenvalue weighted by atomic mass is 10.2. The number of thiazole rings is 1. The smallest absolute Gasteiger partial charge is 0.0926 e. The van der Waals surface area contributed by atoms with Crippen LogP contribution in [-0.2, 0) is 13.0 Å². The highest BCUT2D eigenvalue weighted by atomic mass is 32.1. The van der Waals surface area contributed by atoms with Crippen molar-refractivity contribution >= 4 is 17.0 Å². The quantitative estimate of drug-likeness (QED) is 0.848. The SMILES string of the molecule is CCc1nc(CN(CC(O)CC)c2ccccc2)cs1. The molecule has 2 rings (SSSR count). The van der Waals surface area contributed by atoms with Crippen LogP contribution in [0.15, 0.2) is 35.7 Å². The van der Waals surface area contributed by atoms with E-state index in [2.05, 4.69) is 34.3 Å². The maximum absolute atomic E-state index is 9.96. The zero-order valence-corrected chi connectivity index (χ0v) is 12.9. The van der Waals surface area contributed by atoms with Gasteiger partial charge in [0.1, 0.15) is 0 Å². The third-order valence-corrected chi connectivity index (χ3v) is 4.32. The lowest BCUT2D eigenvalue weighted by molar-refractivity contribution is 0.175. The van der Waals surface area contributed by atoms with Gasteiger partial charge in [0, 0.05) is 17.6 Å². The van der Waals surface area contributed by atoms with Crippen LogP contribution in [0.1, 0.15) is 31.0 Å². The standard InChI is InChI=1S/C16H22N2OS/c1-3-15(19)11-18(14-8-6-5-7-9-14)10-13-12-20-16(4-2)17-13/h5-9,12,15,19H,3-4,10-11H2,1-2H3. The fourth-order valence-electron chi connectivity index (χ4n) is 2.06. The molecule has 0 fully saturated rings. The molecule has 0 radical (unpaired) electrons. The Morgan fingerprint density at radius 3 is 2.60 bits per heavy atom. The van der Waals surface area contributed by atoms with Gasteiger partial charge >= 0.3 is 0 Å². The van der Waals surface area contributed by atoms with Crippen molar-refractivity contribution in [1.82, 2.24) is 4.98 Å². The summed E-state index contributed by atoms with van der Waals surface area (Å²) in [6.07, 6.45) is 1.44. The first-order chi connectivity index (χ1) is 9.72. The molecule has 1 heterocycles. The van der Waals surface area contributed by atoms with Crippen LogP contribution in [0.4, 0.5) is 5.69 Å². The number of para-hydroxylation sites is 1. The Bertz CT molecular complexity index is 512. The monoisotopic (exact) mass is 290 g/mol. The van der Waals surface area contributed by atoms with Gasteiger partial charge in [0.25, 0.3) is 0 Å². The molecule has 1 unspecified atom stereocenters. The van der Waals surface area contributed by atoms with Gasteiger partial charge in [0.15, 0.2) is 0 Å². The number of rotatable bonds is 7. The minimum atomic E-state index is -0.306. The molecule has 4 heteroatoms. The average Bonchev–Trinajstić information content (AvgIpc) is 2.95. The molecule has 1 aromatic carbocycles. The molecule has 108 valence electrons. The van der Waals surface area contributed by atoms with Crippen LogP contribution in [-0.4, -0.2) is 22.7 Å². The maximum atomic E-state index is 9.96. The van der Waals surface area contributed by atoms with Gasteiger partial charge in [0.05, 0.1) is 23.4 Å². The van der Waals surface area contributed by atoms with Crippen molar-refractivity contribution in [3.8, 4) is 0 Å². The third-order valence-electron chi connectivity index (χ3n) is 3.28. The summed E-state index contributed by atoms with van der Waals surface area (Å²) < 4.78 is 0. The van der Waals surface area contributed by atoms with E-state index in [-0.39, 0.29) is 6.10 Å². The molecule has 0 aliphatic carbocycles. The minimum absolute atomic E-state index is 0.306. The van der Waals surface area contributed by atoms with E-state index in [9.17, 15) is 5.11 Å². The zero-order chi connectivity index (χ0) is 14.4. The molecule has 0 bridgehead atoms. The number of benzene rings is 1. The summed E-state index contributed by atoms with van der Waals surface area (Å²) in [4.78, 5) is 6.82. The maximum Gasteiger partial charge on any atom is 0.0926 e. The Morgan fingerprint density at radius 1 is 1.25 bits per heavy atom. The summed E-state index contributed by atoms with van der Waals surface area (Å²) in [6.45, 7) is 5.52. The predicted molar refractivity (Wildman–Crippen MR) is 85.3 cm³/mol. The Labute approximate surface area is 124 Å². The van der Waals surface area contributed by atoms with Crippen molar-refractivity contribution in [3.63, 3.8) is 0 Å². The number of aromatic nitrogens is 1. The third kappa shape index (κ3) is 4.05. The molecule has 1 aromatic heterocycles. The van der Waals surface area contributed by atoms with Crippen LogP contribution in [0.3, 0.4) is 0 Å². The topological polar surface area (TPSA) is 36.4 Å². The second-order valence-electron chi connectivity index (χ2n) is 4.86. The van der Waals surface area contributed by atoms with Gasteiger partial charge < -0.3 is 10.0 Å². The molecule has 0 aliphatic heterocycles. The summed E-state index contributed by atoms with van der Waals surface area (Å²) in [5, 5.41) is 13.2. The molecule has 0 amide bonds. The highest BCUT2D eigenvalue weighted by molar-refractivity contribution is 7.09. The van der Waals surface area contributed by atoms with Gasteiger partial charge in [-0.05, 0) is 25.0 Å². The van der Waals surface area contributed by atoms with E-state index in [1.165, 1.54) is 5.01 Å². The zero-order valence-electron chi connectivity index (χ0n) is 12.1. The number of aliphatic hydroxyl groups excluding tert-OH is 1. The van der Waals surface area contributed by atoms with Gasteiger partial charge in [-0.25, -0.2) is 4.98 Å². The molecule has 20 heavy (non-hydrogen) atoms. The van der Waals surface area contributed by atoms with Crippen molar-refractivity contribution in [2.75, 3.05) is 11.4 Å². The Hall–Kier alpha value is -1.39. The molecule has 2 aromatic rings. The number of aryl methyl sites for hydroxylation is 1. The first-order valence-electron chi connectivity index (χ1n) is 7.14. The van der Waals surface area contributed by atoms with Gasteiger partial charge in [-0.1, -0.05) is 32.0 Å². The molecule has 0 saturated heterocycles. The van der Waals surface area contributed by atoms with Crippen LogP contribution >= 0.6 is 11.3 Å².